The summed E-state index contributed by atoms with van der Waals surface area (Å²) < 4.78 is 0. The average molecular weight is 373 g/mol. The first-order valence-corrected chi connectivity index (χ1v) is 10.1. The normalized spacial score (nSPS) is 11.3. The Hall–Kier alpha value is -1.92. The van der Waals surface area contributed by atoms with Crippen molar-refractivity contribution in [2.45, 2.75) is 37.6 Å². The maximum atomic E-state index is 10.7. The van der Waals surface area contributed by atoms with Gasteiger partial charge in [-0.3, -0.25) is 4.79 Å². The standard InChI is InChI=1S/C19H20N2O2S2/c1-12(2)13-5-7-14(8-6-13)15-10-25-19-17(15)18(20-11-21-19)24-9-3-4-16(22)23/h5-8,10-12H,3-4,9H2,1-2H3,(H,22,23). The molecule has 1 N–H and O–H groups in total. The Morgan fingerprint density at radius 1 is 1.24 bits per heavy atom. The lowest BCUT2D eigenvalue weighted by Gasteiger charge is -2.08. The number of hydrogen-bond donors (Lipinski definition) is 1. The number of thioether (sulfide) groups is 1. The molecule has 0 aliphatic rings. The van der Waals surface area contributed by atoms with Crippen LogP contribution in [0.5, 0.6) is 0 Å². The second kappa shape index (κ2) is 7.97. The van der Waals surface area contributed by atoms with Gasteiger partial charge in [0, 0.05) is 23.1 Å². The molecule has 0 aliphatic heterocycles. The van der Waals surface area contributed by atoms with Crippen LogP contribution in [0.4, 0.5) is 0 Å². The summed E-state index contributed by atoms with van der Waals surface area (Å²) >= 11 is 3.22. The Bertz CT molecular complexity index is 873. The molecule has 6 heteroatoms. The molecule has 0 amide bonds. The third-order valence-corrected chi connectivity index (χ3v) is 5.96. The minimum absolute atomic E-state index is 0.189. The topological polar surface area (TPSA) is 63.1 Å². The molecular formula is C19H20N2O2S2. The van der Waals surface area contributed by atoms with Gasteiger partial charge in [0.2, 0.25) is 0 Å². The van der Waals surface area contributed by atoms with E-state index in [4.69, 9.17) is 5.11 Å². The van der Waals surface area contributed by atoms with Crippen molar-refractivity contribution in [2.24, 2.45) is 0 Å². The third kappa shape index (κ3) is 4.19. The quantitative estimate of drug-likeness (QED) is 0.340. The highest BCUT2D eigenvalue weighted by Crippen LogP contribution is 2.38. The molecule has 0 spiro atoms. The molecule has 0 bridgehead atoms. The zero-order valence-corrected chi connectivity index (χ0v) is 15.9. The fraction of sp³-hybridized carbons (Fsp3) is 0.316. The van der Waals surface area contributed by atoms with Crippen LogP contribution in [0.1, 0.15) is 38.2 Å². The summed E-state index contributed by atoms with van der Waals surface area (Å²) in [5, 5.41) is 12.9. The van der Waals surface area contributed by atoms with Gasteiger partial charge in [0.25, 0.3) is 0 Å². The highest BCUT2D eigenvalue weighted by Gasteiger charge is 2.14. The maximum absolute atomic E-state index is 10.7. The second-order valence-electron chi connectivity index (χ2n) is 6.13. The molecule has 0 unspecified atom stereocenters. The van der Waals surface area contributed by atoms with Gasteiger partial charge in [0.1, 0.15) is 16.2 Å². The molecule has 4 nitrogen and oxygen atoms in total. The number of rotatable bonds is 7. The van der Waals surface area contributed by atoms with E-state index in [-0.39, 0.29) is 6.42 Å². The SMILES string of the molecule is CC(C)c1ccc(-c2csc3ncnc(SCCCC(=O)O)c23)cc1. The van der Waals surface area contributed by atoms with Gasteiger partial charge in [0.05, 0.1) is 5.39 Å². The molecule has 0 fully saturated rings. The highest BCUT2D eigenvalue weighted by molar-refractivity contribution is 7.99. The van der Waals surface area contributed by atoms with Gasteiger partial charge in [-0.25, -0.2) is 9.97 Å². The van der Waals surface area contributed by atoms with Gasteiger partial charge in [0.15, 0.2) is 0 Å². The Kier molecular flexibility index (Phi) is 5.71. The van der Waals surface area contributed by atoms with Crippen molar-refractivity contribution < 1.29 is 9.90 Å². The number of carbonyl (C=O) groups is 1. The molecule has 0 aliphatic carbocycles. The third-order valence-electron chi connectivity index (χ3n) is 4.00. The van der Waals surface area contributed by atoms with Crippen LogP contribution in [-0.4, -0.2) is 26.8 Å². The second-order valence-corrected chi connectivity index (χ2v) is 8.07. The fourth-order valence-electron chi connectivity index (χ4n) is 2.61. The first kappa shape index (κ1) is 17.9. The van der Waals surface area contributed by atoms with Crippen molar-refractivity contribution in [3.63, 3.8) is 0 Å². The minimum Gasteiger partial charge on any atom is -0.481 e. The van der Waals surface area contributed by atoms with Crippen molar-refractivity contribution in [3.05, 3.63) is 41.5 Å². The van der Waals surface area contributed by atoms with E-state index in [2.05, 4.69) is 53.5 Å². The van der Waals surface area contributed by atoms with E-state index < -0.39 is 5.97 Å². The van der Waals surface area contributed by atoms with Gasteiger partial charge >= 0.3 is 5.97 Å². The van der Waals surface area contributed by atoms with Crippen LogP contribution >= 0.6 is 23.1 Å². The van der Waals surface area contributed by atoms with Gasteiger partial charge in [-0.2, -0.15) is 0 Å². The monoisotopic (exact) mass is 372 g/mol. The molecular weight excluding hydrogens is 352 g/mol. The summed E-state index contributed by atoms with van der Waals surface area (Å²) in [4.78, 5) is 20.5. The number of fused-ring (bicyclic) bond motifs is 1. The molecule has 25 heavy (non-hydrogen) atoms. The number of aliphatic carboxylic acids is 1. The molecule has 130 valence electrons. The first-order chi connectivity index (χ1) is 12.1. The maximum Gasteiger partial charge on any atom is 0.303 e. The number of thiophene rings is 1. The molecule has 0 saturated carbocycles. The van der Waals surface area contributed by atoms with Crippen LogP contribution in [0.25, 0.3) is 21.3 Å². The first-order valence-electron chi connectivity index (χ1n) is 8.23. The predicted octanol–water partition coefficient (Wildman–Crippen LogP) is 5.44. The molecule has 3 rings (SSSR count). The predicted molar refractivity (Wildman–Crippen MR) is 105 cm³/mol. The zero-order chi connectivity index (χ0) is 17.8. The summed E-state index contributed by atoms with van der Waals surface area (Å²) in [6.07, 6.45) is 2.41. The Morgan fingerprint density at radius 3 is 2.68 bits per heavy atom. The Labute approximate surface area is 155 Å². The van der Waals surface area contributed by atoms with Gasteiger partial charge in [-0.05, 0) is 23.5 Å². The van der Waals surface area contributed by atoms with E-state index in [9.17, 15) is 4.79 Å². The lowest BCUT2D eigenvalue weighted by Crippen LogP contribution is -1.95. The molecule has 0 saturated heterocycles. The molecule has 2 heterocycles. The van der Waals surface area contributed by atoms with Crippen LogP contribution in [0.15, 0.2) is 41.0 Å². The molecule has 3 aromatic rings. The van der Waals surface area contributed by atoms with Crippen molar-refractivity contribution in [1.29, 1.82) is 0 Å². The van der Waals surface area contributed by atoms with Gasteiger partial charge < -0.3 is 5.11 Å². The summed E-state index contributed by atoms with van der Waals surface area (Å²) in [6.45, 7) is 4.38. The number of nitrogens with zero attached hydrogens (tertiary/aromatic N) is 2. The molecule has 0 atom stereocenters. The number of hydrogen-bond acceptors (Lipinski definition) is 5. The fourth-order valence-corrected chi connectivity index (χ4v) is 4.54. The lowest BCUT2D eigenvalue weighted by atomic mass is 9.99. The van der Waals surface area contributed by atoms with Crippen molar-refractivity contribution >= 4 is 39.3 Å². The van der Waals surface area contributed by atoms with Crippen LogP contribution in [0.3, 0.4) is 0 Å². The van der Waals surface area contributed by atoms with E-state index in [0.29, 0.717) is 12.3 Å². The summed E-state index contributed by atoms with van der Waals surface area (Å²) in [5.74, 6) is 0.492. The van der Waals surface area contributed by atoms with Crippen LogP contribution in [0, 0.1) is 0 Å². The van der Waals surface area contributed by atoms with E-state index in [1.807, 2.05) is 0 Å². The van der Waals surface area contributed by atoms with Gasteiger partial charge in [-0.15, -0.1) is 23.1 Å². The lowest BCUT2D eigenvalue weighted by molar-refractivity contribution is -0.137. The summed E-state index contributed by atoms with van der Waals surface area (Å²) in [5.41, 5.74) is 3.64. The van der Waals surface area contributed by atoms with E-state index in [1.54, 1.807) is 29.4 Å². The number of benzene rings is 1. The van der Waals surface area contributed by atoms with E-state index in [0.717, 1.165) is 32.1 Å². The number of carboxylic acid groups (broad SMARTS) is 1. The largest absolute Gasteiger partial charge is 0.481 e. The minimum atomic E-state index is -0.755. The Balaban J connectivity index is 1.89. The molecule has 0 radical (unpaired) electrons. The van der Waals surface area contributed by atoms with Crippen LogP contribution in [0.2, 0.25) is 0 Å². The van der Waals surface area contributed by atoms with E-state index >= 15 is 0 Å². The summed E-state index contributed by atoms with van der Waals surface area (Å²) in [6, 6.07) is 8.66. The smallest absolute Gasteiger partial charge is 0.303 e. The van der Waals surface area contributed by atoms with Crippen molar-refractivity contribution in [3.8, 4) is 11.1 Å². The number of aromatic nitrogens is 2. The van der Waals surface area contributed by atoms with Crippen LogP contribution in [-0.2, 0) is 4.79 Å². The summed E-state index contributed by atoms with van der Waals surface area (Å²) in [7, 11) is 0. The van der Waals surface area contributed by atoms with E-state index in [1.165, 1.54) is 5.56 Å². The van der Waals surface area contributed by atoms with Gasteiger partial charge in [-0.1, -0.05) is 38.1 Å². The Morgan fingerprint density at radius 2 is 2.00 bits per heavy atom. The molecule has 2 aromatic heterocycles. The molecule has 1 aromatic carbocycles. The average Bonchev–Trinajstić information content (AvgIpc) is 3.03. The van der Waals surface area contributed by atoms with Crippen LogP contribution < -0.4 is 0 Å². The zero-order valence-electron chi connectivity index (χ0n) is 14.2. The van der Waals surface area contributed by atoms with Crippen molar-refractivity contribution in [1.82, 2.24) is 9.97 Å². The number of carboxylic acids is 1. The van der Waals surface area contributed by atoms with Crippen molar-refractivity contribution in [2.75, 3.05) is 5.75 Å². The highest BCUT2D eigenvalue weighted by atomic mass is 32.2.